The highest BCUT2D eigenvalue weighted by Gasteiger charge is 2.47. The van der Waals surface area contributed by atoms with Crippen molar-refractivity contribution in [3.05, 3.63) is 18.2 Å². The summed E-state index contributed by atoms with van der Waals surface area (Å²) in [7, 11) is 0. The van der Waals surface area contributed by atoms with Gasteiger partial charge in [-0.15, -0.1) is 0 Å². The van der Waals surface area contributed by atoms with Gasteiger partial charge in [-0.1, -0.05) is 20.8 Å². The van der Waals surface area contributed by atoms with Crippen LogP contribution in [-0.2, 0) is 0 Å². The number of aliphatic hydroxyl groups excluding tert-OH is 1. The van der Waals surface area contributed by atoms with Crippen molar-refractivity contribution < 1.29 is 9.84 Å². The number of benzene rings is 1. The van der Waals surface area contributed by atoms with Crippen molar-refractivity contribution in [1.29, 1.82) is 0 Å². The topological polar surface area (TPSA) is 67.5 Å². The molecule has 0 saturated heterocycles. The number of aliphatic hydroxyl groups is 1. The lowest BCUT2D eigenvalue weighted by atomic mass is 9.64. The van der Waals surface area contributed by atoms with Crippen LogP contribution in [0.2, 0.25) is 0 Å². The van der Waals surface area contributed by atoms with Crippen LogP contribution in [0.4, 0.5) is 11.4 Å². The lowest BCUT2D eigenvalue weighted by Crippen LogP contribution is -2.56. The number of ether oxygens (including phenoxy) is 1. The molecule has 1 saturated carbocycles. The number of nitrogens with two attached hydrogens (primary N) is 1. The molecule has 2 atom stereocenters. The van der Waals surface area contributed by atoms with Gasteiger partial charge in [-0.25, -0.2) is 0 Å². The minimum absolute atomic E-state index is 0.102. The van der Waals surface area contributed by atoms with E-state index < -0.39 is 0 Å². The summed E-state index contributed by atoms with van der Waals surface area (Å²) in [5, 5.41) is 13.2. The molecule has 1 aromatic carbocycles. The van der Waals surface area contributed by atoms with E-state index in [-0.39, 0.29) is 17.6 Å². The van der Waals surface area contributed by atoms with Crippen molar-refractivity contribution in [2.24, 2.45) is 5.41 Å². The molecule has 106 valence electrons. The fraction of sp³-hybridized carbons (Fsp3) is 0.600. The fourth-order valence-corrected chi connectivity index (χ4v) is 2.36. The molecule has 0 heterocycles. The van der Waals surface area contributed by atoms with E-state index in [1.165, 1.54) is 0 Å². The molecular weight excluding hydrogens is 240 g/mol. The maximum atomic E-state index is 9.76. The van der Waals surface area contributed by atoms with Crippen LogP contribution >= 0.6 is 0 Å². The van der Waals surface area contributed by atoms with E-state index in [0.29, 0.717) is 12.3 Å². The van der Waals surface area contributed by atoms with Crippen molar-refractivity contribution >= 4 is 11.4 Å². The molecule has 4 nitrogen and oxygen atoms in total. The molecular formula is C15H24N2O2. The zero-order valence-corrected chi connectivity index (χ0v) is 11.9. The number of nitrogens with one attached hydrogen (secondary N) is 1. The first-order chi connectivity index (χ1) is 8.93. The number of hydrogen-bond acceptors (Lipinski definition) is 4. The highest BCUT2D eigenvalue weighted by atomic mass is 16.5. The Morgan fingerprint density at radius 1 is 1.42 bits per heavy atom. The van der Waals surface area contributed by atoms with E-state index in [2.05, 4.69) is 26.1 Å². The third-order valence-electron chi connectivity index (χ3n) is 3.96. The number of rotatable bonds is 5. The minimum Gasteiger partial charge on any atom is -0.493 e. The Morgan fingerprint density at radius 2 is 2.16 bits per heavy atom. The zero-order chi connectivity index (χ0) is 14.0. The molecule has 0 spiro atoms. The summed E-state index contributed by atoms with van der Waals surface area (Å²) in [5.41, 5.74) is 7.43. The second-order valence-electron chi connectivity index (χ2n) is 5.91. The highest BCUT2D eigenvalue weighted by Crippen LogP contribution is 2.42. The van der Waals surface area contributed by atoms with Crippen molar-refractivity contribution in [3.8, 4) is 5.75 Å². The average molecular weight is 264 g/mol. The molecule has 1 aliphatic rings. The molecule has 19 heavy (non-hydrogen) atoms. The predicted octanol–water partition coefficient (Wildman–Crippen LogP) is 2.63. The molecule has 4 heteroatoms. The summed E-state index contributed by atoms with van der Waals surface area (Å²) in [5.74, 6) is 0.794. The Morgan fingerprint density at radius 3 is 2.74 bits per heavy atom. The third kappa shape index (κ3) is 2.95. The summed E-state index contributed by atoms with van der Waals surface area (Å²) in [6.45, 7) is 6.90. The molecule has 4 N–H and O–H groups in total. The minimum atomic E-state index is -0.234. The molecule has 1 fully saturated rings. The van der Waals surface area contributed by atoms with E-state index in [0.717, 1.165) is 24.3 Å². The first kappa shape index (κ1) is 14.0. The van der Waals surface area contributed by atoms with E-state index in [1.54, 1.807) is 0 Å². The van der Waals surface area contributed by atoms with Gasteiger partial charge in [0, 0.05) is 35.0 Å². The van der Waals surface area contributed by atoms with Gasteiger partial charge in [-0.2, -0.15) is 0 Å². The van der Waals surface area contributed by atoms with Crippen LogP contribution in [0.5, 0.6) is 5.75 Å². The summed E-state index contributed by atoms with van der Waals surface area (Å²) in [6, 6.07) is 5.97. The van der Waals surface area contributed by atoms with E-state index in [1.807, 2.05) is 18.2 Å². The Labute approximate surface area is 115 Å². The first-order valence-corrected chi connectivity index (χ1v) is 6.91. The maximum absolute atomic E-state index is 9.76. The lowest BCUT2D eigenvalue weighted by molar-refractivity contribution is -0.0510. The summed E-state index contributed by atoms with van der Waals surface area (Å²) >= 11 is 0. The van der Waals surface area contributed by atoms with Gasteiger partial charge in [0.25, 0.3) is 0 Å². The molecule has 2 unspecified atom stereocenters. The molecule has 2 rings (SSSR count). The smallest absolute Gasteiger partial charge is 0.123 e. The second-order valence-corrected chi connectivity index (χ2v) is 5.91. The SMILES string of the molecule is CCCOc1cc(N)cc(NC2CC(O)C2(C)C)c1. The Hall–Kier alpha value is -1.42. The maximum Gasteiger partial charge on any atom is 0.123 e. The molecule has 1 aromatic rings. The van der Waals surface area contributed by atoms with Crippen LogP contribution in [0.1, 0.15) is 33.6 Å². The van der Waals surface area contributed by atoms with Crippen molar-refractivity contribution in [3.63, 3.8) is 0 Å². The third-order valence-corrected chi connectivity index (χ3v) is 3.96. The summed E-state index contributed by atoms with van der Waals surface area (Å²) in [6.07, 6.45) is 1.51. The molecule has 0 radical (unpaired) electrons. The number of anilines is 2. The Bertz CT molecular complexity index is 446. The monoisotopic (exact) mass is 264 g/mol. The van der Waals surface area contributed by atoms with Crippen LogP contribution in [0.25, 0.3) is 0 Å². The van der Waals surface area contributed by atoms with Crippen LogP contribution in [0, 0.1) is 5.41 Å². The van der Waals surface area contributed by atoms with Gasteiger partial charge in [0.1, 0.15) is 5.75 Å². The number of hydrogen-bond donors (Lipinski definition) is 3. The molecule has 1 aliphatic carbocycles. The van der Waals surface area contributed by atoms with Crippen LogP contribution in [-0.4, -0.2) is 23.9 Å². The fourth-order valence-electron chi connectivity index (χ4n) is 2.36. The highest BCUT2D eigenvalue weighted by molar-refractivity contribution is 5.60. The van der Waals surface area contributed by atoms with E-state index in [4.69, 9.17) is 10.5 Å². The molecule has 0 bridgehead atoms. The first-order valence-electron chi connectivity index (χ1n) is 6.91. The van der Waals surface area contributed by atoms with Crippen molar-refractivity contribution in [2.45, 2.75) is 45.8 Å². The normalized spacial score (nSPS) is 24.6. The van der Waals surface area contributed by atoms with Gasteiger partial charge < -0.3 is 20.9 Å². The predicted molar refractivity (Wildman–Crippen MR) is 78.5 cm³/mol. The lowest BCUT2D eigenvalue weighted by Gasteiger charge is -2.49. The van der Waals surface area contributed by atoms with E-state index in [9.17, 15) is 5.11 Å². The molecule has 0 aromatic heterocycles. The van der Waals surface area contributed by atoms with Crippen molar-refractivity contribution in [1.82, 2.24) is 0 Å². The van der Waals surface area contributed by atoms with Gasteiger partial charge in [-0.3, -0.25) is 0 Å². The van der Waals surface area contributed by atoms with E-state index >= 15 is 0 Å². The largest absolute Gasteiger partial charge is 0.493 e. The zero-order valence-electron chi connectivity index (χ0n) is 11.9. The summed E-state index contributed by atoms with van der Waals surface area (Å²) in [4.78, 5) is 0. The van der Waals surface area contributed by atoms with Crippen LogP contribution in [0.3, 0.4) is 0 Å². The van der Waals surface area contributed by atoms with Gasteiger partial charge in [0.2, 0.25) is 0 Å². The van der Waals surface area contributed by atoms with Gasteiger partial charge in [-0.05, 0) is 18.9 Å². The Balaban J connectivity index is 2.06. The summed E-state index contributed by atoms with van der Waals surface area (Å²) < 4.78 is 5.61. The molecule has 0 aliphatic heterocycles. The van der Waals surface area contributed by atoms with Crippen molar-refractivity contribution in [2.75, 3.05) is 17.7 Å². The number of nitrogen functional groups attached to an aromatic ring is 1. The van der Waals surface area contributed by atoms with Gasteiger partial charge >= 0.3 is 0 Å². The van der Waals surface area contributed by atoms with Crippen LogP contribution in [0.15, 0.2) is 18.2 Å². The quantitative estimate of drug-likeness (QED) is 0.715. The van der Waals surface area contributed by atoms with Gasteiger partial charge in [0.15, 0.2) is 0 Å². The van der Waals surface area contributed by atoms with Crippen LogP contribution < -0.4 is 15.8 Å². The molecule has 0 amide bonds. The standard InChI is InChI=1S/C15H24N2O2/c1-4-5-19-12-7-10(16)6-11(8-12)17-13-9-14(18)15(13,2)3/h6-8,13-14,17-18H,4-5,9,16H2,1-3H3. The average Bonchev–Trinajstić information content (AvgIpc) is 2.35. The Kier molecular flexibility index (Phi) is 3.90. The second kappa shape index (κ2) is 5.29. The van der Waals surface area contributed by atoms with Gasteiger partial charge in [0.05, 0.1) is 12.7 Å².